The summed E-state index contributed by atoms with van der Waals surface area (Å²) >= 11 is 3.33. The van der Waals surface area contributed by atoms with Crippen LogP contribution in [0.4, 0.5) is 5.69 Å². The molecule has 4 rings (SSSR count). The number of nitrogens with zero attached hydrogens (tertiary/aromatic N) is 1. The fraction of sp³-hybridized carbons (Fsp3) is 0.240. The molecule has 8 nitrogen and oxygen atoms in total. The lowest BCUT2D eigenvalue weighted by molar-refractivity contribution is -0.120. The number of aryl methyl sites for hydroxylation is 1. The van der Waals surface area contributed by atoms with E-state index in [-0.39, 0.29) is 18.0 Å². The van der Waals surface area contributed by atoms with E-state index in [4.69, 9.17) is 14.2 Å². The predicted octanol–water partition coefficient (Wildman–Crippen LogP) is 3.92. The van der Waals surface area contributed by atoms with Crippen molar-refractivity contribution in [2.24, 2.45) is 0 Å². The summed E-state index contributed by atoms with van der Waals surface area (Å²) in [6.07, 6.45) is -0.393. The Kier molecular flexibility index (Phi) is 7.51. The Bertz CT molecular complexity index is 1310. The molecule has 0 bridgehead atoms. The van der Waals surface area contributed by atoms with Crippen molar-refractivity contribution in [1.82, 2.24) is 5.32 Å². The zero-order valence-corrected chi connectivity index (χ0v) is 21.6. The Morgan fingerprint density at radius 2 is 1.83 bits per heavy atom. The monoisotopic (exact) mass is 560 g/mol. The average Bonchev–Trinajstić information content (AvgIpc) is 2.86. The zero-order valence-electron chi connectivity index (χ0n) is 19.2. The number of anilines is 1. The molecule has 35 heavy (non-hydrogen) atoms. The van der Waals surface area contributed by atoms with E-state index in [1.165, 1.54) is 19.2 Å². The van der Waals surface area contributed by atoms with E-state index in [0.29, 0.717) is 27.4 Å². The molecule has 0 radical (unpaired) electrons. The molecule has 1 N–H and O–H groups in total. The number of fused-ring (bicyclic) bond motifs is 1. The third-order valence-electron chi connectivity index (χ3n) is 5.41. The largest absolute Gasteiger partial charge is 0.496 e. The number of hydrogen-bond donors (Lipinski definition) is 1. The number of para-hydroxylation sites is 2. The van der Waals surface area contributed by atoms with Gasteiger partial charge in [-0.05, 0) is 65.3 Å². The van der Waals surface area contributed by atoms with Crippen LogP contribution in [0.1, 0.15) is 5.56 Å². The van der Waals surface area contributed by atoms with Crippen LogP contribution in [0.15, 0.2) is 76.1 Å². The van der Waals surface area contributed by atoms with Gasteiger partial charge in [0.2, 0.25) is 5.91 Å². The summed E-state index contributed by atoms with van der Waals surface area (Å²) in [7, 11) is -2.56. The molecule has 10 heteroatoms. The number of nitrogens with one attached hydrogen (secondary N) is 1. The number of hydrogen-bond acceptors (Lipinski definition) is 6. The smallest absolute Gasteiger partial charge is 0.264 e. The number of sulfonamides is 1. The van der Waals surface area contributed by atoms with Crippen LogP contribution in [0.2, 0.25) is 0 Å². The topological polar surface area (TPSA) is 94.2 Å². The summed E-state index contributed by atoms with van der Waals surface area (Å²) in [5, 5.41) is 2.77. The average molecular weight is 561 g/mol. The predicted molar refractivity (Wildman–Crippen MR) is 136 cm³/mol. The van der Waals surface area contributed by atoms with Crippen molar-refractivity contribution < 1.29 is 27.4 Å². The van der Waals surface area contributed by atoms with Crippen LogP contribution in [0.3, 0.4) is 0 Å². The van der Waals surface area contributed by atoms with Gasteiger partial charge in [-0.15, -0.1) is 0 Å². The number of amides is 1. The van der Waals surface area contributed by atoms with Crippen molar-refractivity contribution in [3.63, 3.8) is 0 Å². The highest BCUT2D eigenvalue weighted by Crippen LogP contribution is 2.32. The first-order valence-corrected chi connectivity index (χ1v) is 13.1. The number of ether oxygens (including phenoxy) is 3. The van der Waals surface area contributed by atoms with Gasteiger partial charge >= 0.3 is 0 Å². The number of rotatable bonds is 8. The molecule has 3 aromatic rings. The number of benzene rings is 3. The van der Waals surface area contributed by atoms with Crippen molar-refractivity contribution in [1.29, 1.82) is 0 Å². The molecule has 0 saturated heterocycles. The molecule has 184 valence electrons. The fourth-order valence-electron chi connectivity index (χ4n) is 3.54. The number of carbonyl (C=O) groups excluding carboxylic acids is 1. The molecule has 3 aromatic carbocycles. The van der Waals surface area contributed by atoms with Crippen LogP contribution in [0, 0.1) is 6.92 Å². The van der Waals surface area contributed by atoms with Crippen LogP contribution >= 0.6 is 15.9 Å². The zero-order chi connectivity index (χ0) is 25.0. The van der Waals surface area contributed by atoms with Crippen molar-refractivity contribution in [3.8, 4) is 17.2 Å². The molecule has 1 aliphatic rings. The number of carbonyl (C=O) groups is 1. The minimum Gasteiger partial charge on any atom is -0.496 e. The Balaban J connectivity index is 1.51. The molecular weight excluding hydrogens is 536 g/mol. The lowest BCUT2D eigenvalue weighted by Crippen LogP contribution is -2.45. The van der Waals surface area contributed by atoms with Crippen molar-refractivity contribution in [2.45, 2.75) is 17.9 Å². The summed E-state index contributed by atoms with van der Waals surface area (Å²) in [6, 6.07) is 18.7. The Hall–Kier alpha value is -3.24. The summed E-state index contributed by atoms with van der Waals surface area (Å²) < 4.78 is 45.5. The quantitative estimate of drug-likeness (QED) is 0.448. The second kappa shape index (κ2) is 10.6. The van der Waals surface area contributed by atoms with Crippen LogP contribution < -0.4 is 23.8 Å². The molecule has 1 heterocycles. The van der Waals surface area contributed by atoms with Gasteiger partial charge in [-0.1, -0.05) is 29.8 Å². The van der Waals surface area contributed by atoms with E-state index in [9.17, 15) is 13.2 Å². The molecule has 0 spiro atoms. The summed E-state index contributed by atoms with van der Waals surface area (Å²) in [4.78, 5) is 12.9. The fourth-order valence-corrected chi connectivity index (χ4v) is 5.68. The molecule has 0 aromatic heterocycles. The molecule has 1 amide bonds. The van der Waals surface area contributed by atoms with E-state index in [1.807, 2.05) is 25.1 Å². The Morgan fingerprint density at radius 1 is 1.11 bits per heavy atom. The lowest BCUT2D eigenvalue weighted by atomic mass is 10.2. The van der Waals surface area contributed by atoms with Crippen molar-refractivity contribution >= 4 is 37.5 Å². The minimum absolute atomic E-state index is 0.0270. The number of halogens is 1. The second-order valence-electron chi connectivity index (χ2n) is 7.95. The normalized spacial score (nSPS) is 14.8. The second-order valence-corrected chi connectivity index (χ2v) is 10.7. The summed E-state index contributed by atoms with van der Waals surface area (Å²) in [5.74, 6) is 1.29. The highest BCUT2D eigenvalue weighted by atomic mass is 79.9. The van der Waals surface area contributed by atoms with E-state index >= 15 is 0 Å². The highest BCUT2D eigenvalue weighted by molar-refractivity contribution is 9.10. The van der Waals surface area contributed by atoms with Gasteiger partial charge in [0.1, 0.15) is 25.0 Å². The first kappa shape index (κ1) is 24.9. The molecular formula is C25H25BrN2O6S. The van der Waals surface area contributed by atoms with E-state index in [0.717, 1.165) is 9.87 Å². The van der Waals surface area contributed by atoms with Crippen LogP contribution in [-0.2, 0) is 14.8 Å². The Morgan fingerprint density at radius 3 is 2.51 bits per heavy atom. The molecule has 1 aliphatic heterocycles. The van der Waals surface area contributed by atoms with Crippen molar-refractivity contribution in [2.75, 3.05) is 31.1 Å². The van der Waals surface area contributed by atoms with Crippen molar-refractivity contribution in [3.05, 3.63) is 76.8 Å². The summed E-state index contributed by atoms with van der Waals surface area (Å²) in [6.45, 7) is 1.94. The maximum atomic E-state index is 13.6. The first-order valence-electron chi connectivity index (χ1n) is 10.9. The van der Waals surface area contributed by atoms with E-state index in [2.05, 4.69) is 21.2 Å². The van der Waals surface area contributed by atoms with Crippen LogP contribution in [0.25, 0.3) is 0 Å². The van der Waals surface area contributed by atoms with Gasteiger partial charge in [0.15, 0.2) is 11.5 Å². The van der Waals surface area contributed by atoms with Gasteiger partial charge in [0.25, 0.3) is 10.0 Å². The molecule has 1 atom stereocenters. The summed E-state index contributed by atoms with van der Waals surface area (Å²) in [5.41, 5.74) is 1.35. The van der Waals surface area contributed by atoms with Gasteiger partial charge in [-0.2, -0.15) is 0 Å². The maximum Gasteiger partial charge on any atom is 0.264 e. The third-order valence-corrected chi connectivity index (χ3v) is 7.80. The lowest BCUT2D eigenvalue weighted by Gasteiger charge is -2.27. The molecule has 0 fully saturated rings. The minimum atomic E-state index is -4.06. The molecule has 0 unspecified atom stereocenters. The first-order chi connectivity index (χ1) is 16.8. The molecule has 0 aliphatic carbocycles. The van der Waals surface area contributed by atoms with Gasteiger partial charge in [0.05, 0.1) is 28.7 Å². The van der Waals surface area contributed by atoms with Crippen LogP contribution in [0.5, 0.6) is 17.2 Å². The third kappa shape index (κ3) is 5.71. The molecule has 0 saturated carbocycles. The number of methoxy groups -OCH3 is 1. The highest BCUT2D eigenvalue weighted by Gasteiger charge is 2.29. The van der Waals surface area contributed by atoms with Gasteiger partial charge in [-0.25, -0.2) is 8.42 Å². The van der Waals surface area contributed by atoms with E-state index in [1.54, 1.807) is 36.4 Å². The van der Waals surface area contributed by atoms with Gasteiger partial charge < -0.3 is 19.5 Å². The SMILES string of the molecule is COc1ccc(S(=O)(=O)N(CC(=O)NC[C@@H]2COc3ccccc3O2)c2ccc(C)cc2)cc1Br. The van der Waals surface area contributed by atoms with E-state index < -0.39 is 28.6 Å². The Labute approximate surface area is 213 Å². The van der Waals surface area contributed by atoms with Crippen LogP contribution in [-0.4, -0.2) is 47.2 Å². The van der Waals surface area contributed by atoms with Gasteiger partial charge in [-0.3, -0.25) is 9.10 Å². The standard InChI is InChI=1S/C25H25BrN2O6S/c1-17-7-9-18(10-8-17)28(35(30,31)20-11-12-22(32-2)21(26)13-20)15-25(29)27-14-19-16-33-23-5-3-4-6-24(23)34-19/h3-13,19H,14-16H2,1-2H3,(H,27,29)/t19-/m1/s1. The maximum absolute atomic E-state index is 13.6. The van der Waals surface area contributed by atoms with Gasteiger partial charge in [0, 0.05) is 0 Å².